The largest absolute Gasteiger partial charge is 0.459 e. The summed E-state index contributed by atoms with van der Waals surface area (Å²) >= 11 is 0.843. The number of hydrogen-bond acceptors (Lipinski definition) is 7. The van der Waals surface area contributed by atoms with Crippen LogP contribution >= 0.6 is 11.8 Å². The normalized spacial score (nSPS) is 19.0. The summed E-state index contributed by atoms with van der Waals surface area (Å²) < 4.78 is 83.0. The Kier molecular flexibility index (Phi) is 4.58. The predicted octanol–water partition coefficient (Wildman–Crippen LogP) is 3.44. The van der Waals surface area contributed by atoms with E-state index in [-0.39, 0.29) is 28.6 Å². The first-order valence-corrected chi connectivity index (χ1v) is 10.9. The summed E-state index contributed by atoms with van der Waals surface area (Å²) in [5.41, 5.74) is -0.383. The van der Waals surface area contributed by atoms with Crippen LogP contribution < -0.4 is 4.74 Å². The molecule has 2 aliphatic rings. The number of ether oxygens (including phenoxy) is 3. The average Bonchev–Trinajstić information content (AvgIpc) is 3.20. The maximum absolute atomic E-state index is 14.8. The highest BCUT2D eigenvalue weighted by Crippen LogP contribution is 2.59. The van der Waals surface area contributed by atoms with Crippen LogP contribution in [0.2, 0.25) is 0 Å². The topological polar surface area (TPSA) is 85.6 Å². The molecule has 0 N–H and O–H groups in total. The van der Waals surface area contributed by atoms with E-state index < -0.39 is 43.8 Å². The maximum Gasteiger partial charge on any atom is 0.459 e. The molecule has 0 radical (unpaired) electrons. The quantitative estimate of drug-likeness (QED) is 0.718. The van der Waals surface area contributed by atoms with E-state index >= 15 is 0 Å². The molecule has 0 unspecified atom stereocenters. The molecule has 0 atom stereocenters. The van der Waals surface area contributed by atoms with Crippen LogP contribution in [0.1, 0.15) is 11.1 Å². The highest BCUT2D eigenvalue weighted by molar-refractivity contribution is 7.99. The molecule has 1 saturated heterocycles. The lowest BCUT2D eigenvalue weighted by molar-refractivity contribution is -0.355. The number of halogens is 3. The van der Waals surface area contributed by atoms with Gasteiger partial charge in [-0.15, -0.1) is 0 Å². The van der Waals surface area contributed by atoms with Gasteiger partial charge in [0, 0.05) is 11.2 Å². The van der Waals surface area contributed by atoms with Gasteiger partial charge in [-0.3, -0.25) is 0 Å². The van der Waals surface area contributed by atoms with Crippen LogP contribution in [-0.2, 0) is 25.1 Å². The Hall–Kier alpha value is -2.26. The highest BCUT2D eigenvalue weighted by atomic mass is 32.2. The fraction of sp³-hybridized carbons (Fsp3) is 0.278. The Balaban J connectivity index is 1.91. The number of benzene rings is 2. The zero-order valence-electron chi connectivity index (χ0n) is 14.7. The van der Waals surface area contributed by atoms with Crippen molar-refractivity contribution in [3.05, 3.63) is 47.3 Å². The number of nitriles is 1. The molecule has 4 rings (SSSR count). The number of hydrogen-bond donors (Lipinski definition) is 0. The molecule has 2 aliphatic heterocycles. The van der Waals surface area contributed by atoms with Crippen molar-refractivity contribution in [1.29, 1.82) is 5.26 Å². The first kappa shape index (κ1) is 20.0. The molecule has 0 aromatic heterocycles. The number of alkyl halides is 2. The van der Waals surface area contributed by atoms with Crippen molar-refractivity contribution in [3.63, 3.8) is 0 Å². The van der Waals surface area contributed by atoms with Crippen LogP contribution in [0.25, 0.3) is 0 Å². The summed E-state index contributed by atoms with van der Waals surface area (Å²) in [7, 11) is -3.93. The molecule has 6 nitrogen and oxygen atoms in total. The third-order valence-electron chi connectivity index (χ3n) is 4.35. The predicted molar refractivity (Wildman–Crippen MR) is 93.9 cm³/mol. The Bertz CT molecular complexity index is 1150. The van der Waals surface area contributed by atoms with Crippen molar-refractivity contribution in [2.75, 3.05) is 19.5 Å². The molecule has 2 heterocycles. The van der Waals surface area contributed by atoms with E-state index in [0.29, 0.717) is 0 Å². The van der Waals surface area contributed by atoms with Crippen molar-refractivity contribution in [1.82, 2.24) is 0 Å². The smallest absolute Gasteiger partial charge is 0.426 e. The van der Waals surface area contributed by atoms with Gasteiger partial charge >= 0.3 is 11.9 Å². The molecule has 29 heavy (non-hydrogen) atoms. The van der Waals surface area contributed by atoms with Gasteiger partial charge in [0.05, 0.1) is 40.2 Å². The molecule has 1 spiro atoms. The van der Waals surface area contributed by atoms with Crippen LogP contribution in [0.5, 0.6) is 5.75 Å². The van der Waals surface area contributed by atoms with Crippen molar-refractivity contribution in [2.45, 2.75) is 26.6 Å². The number of sulfone groups is 1. The fourth-order valence-electron chi connectivity index (χ4n) is 3.23. The number of fused-ring (bicyclic) bond motifs is 2. The number of rotatable bonds is 3. The standard InChI is InChI=1S/C18H12F3NO5S2/c1-29(23,24)14-3-2-13(28-12-7-10(9-22)6-11(19)8-12)16-15(14)17(18(20,21)27-16)25-4-5-26-17/h2-3,6-8H,4-5H2,1H3. The van der Waals surface area contributed by atoms with Crippen molar-refractivity contribution in [3.8, 4) is 11.8 Å². The first-order chi connectivity index (χ1) is 13.6. The Labute approximate surface area is 168 Å². The van der Waals surface area contributed by atoms with Gasteiger partial charge in [0.1, 0.15) is 5.82 Å². The summed E-state index contributed by atoms with van der Waals surface area (Å²) in [6.45, 7) is -0.344. The van der Waals surface area contributed by atoms with Gasteiger partial charge in [0.2, 0.25) is 0 Å². The van der Waals surface area contributed by atoms with Crippen LogP contribution in [0.4, 0.5) is 13.2 Å². The fourth-order valence-corrected chi connectivity index (χ4v) is 5.12. The molecule has 2 aromatic rings. The highest BCUT2D eigenvalue weighted by Gasteiger charge is 2.70. The second-order valence-electron chi connectivity index (χ2n) is 6.36. The minimum atomic E-state index is -3.98. The van der Waals surface area contributed by atoms with Gasteiger partial charge in [-0.05, 0) is 30.3 Å². The lowest BCUT2D eigenvalue weighted by atomic mass is 10.1. The Morgan fingerprint density at radius 2 is 1.86 bits per heavy atom. The van der Waals surface area contributed by atoms with E-state index in [1.807, 2.05) is 0 Å². The monoisotopic (exact) mass is 443 g/mol. The molecule has 1 fully saturated rings. The van der Waals surface area contributed by atoms with E-state index in [4.69, 9.17) is 19.5 Å². The van der Waals surface area contributed by atoms with Gasteiger partial charge in [-0.25, -0.2) is 12.8 Å². The van der Waals surface area contributed by atoms with Gasteiger partial charge in [0.15, 0.2) is 15.6 Å². The molecule has 2 aromatic carbocycles. The SMILES string of the molecule is CS(=O)(=O)c1ccc(Sc2cc(F)cc(C#N)c2)c2c1C1(OCCO1)C(F)(F)O2. The lowest BCUT2D eigenvalue weighted by Crippen LogP contribution is -2.45. The van der Waals surface area contributed by atoms with E-state index in [9.17, 15) is 21.6 Å². The Morgan fingerprint density at radius 3 is 2.48 bits per heavy atom. The molecule has 0 bridgehead atoms. The lowest BCUT2D eigenvalue weighted by Gasteiger charge is -2.27. The van der Waals surface area contributed by atoms with Crippen molar-refractivity contribution in [2.24, 2.45) is 0 Å². The molecule has 11 heteroatoms. The second-order valence-corrected chi connectivity index (χ2v) is 9.46. The summed E-state index contributed by atoms with van der Waals surface area (Å²) in [6, 6.07) is 7.75. The second kappa shape index (κ2) is 6.63. The van der Waals surface area contributed by atoms with E-state index in [1.54, 1.807) is 6.07 Å². The summed E-state index contributed by atoms with van der Waals surface area (Å²) in [5.74, 6) is -3.79. The summed E-state index contributed by atoms with van der Waals surface area (Å²) in [4.78, 5) is -0.0672. The minimum absolute atomic E-state index is 0.0436. The molecule has 0 saturated carbocycles. The van der Waals surface area contributed by atoms with Crippen LogP contribution in [0, 0.1) is 17.1 Å². The molecule has 0 amide bonds. The summed E-state index contributed by atoms with van der Waals surface area (Å²) in [5, 5.41) is 8.99. The van der Waals surface area contributed by atoms with E-state index in [0.717, 1.165) is 36.2 Å². The number of nitrogens with zero attached hydrogens (tertiary/aromatic N) is 1. The first-order valence-electron chi connectivity index (χ1n) is 8.18. The third kappa shape index (κ3) is 3.16. The average molecular weight is 443 g/mol. The molecular weight excluding hydrogens is 431 g/mol. The van der Waals surface area contributed by atoms with Gasteiger partial charge < -0.3 is 14.2 Å². The molecule has 152 valence electrons. The van der Waals surface area contributed by atoms with Gasteiger partial charge in [0.25, 0.3) is 0 Å². The zero-order chi connectivity index (χ0) is 21.0. The van der Waals surface area contributed by atoms with Crippen LogP contribution in [0.15, 0.2) is 45.0 Å². The summed E-state index contributed by atoms with van der Waals surface area (Å²) in [6.07, 6.45) is -3.11. The molecule has 0 aliphatic carbocycles. The zero-order valence-corrected chi connectivity index (χ0v) is 16.4. The van der Waals surface area contributed by atoms with Crippen LogP contribution in [0.3, 0.4) is 0 Å². The van der Waals surface area contributed by atoms with Gasteiger partial charge in [-0.1, -0.05) is 11.8 Å². The van der Waals surface area contributed by atoms with Crippen LogP contribution in [-0.4, -0.2) is 34.0 Å². The maximum atomic E-state index is 14.8. The van der Waals surface area contributed by atoms with E-state index in [2.05, 4.69) is 0 Å². The third-order valence-corrected chi connectivity index (χ3v) is 6.50. The minimum Gasteiger partial charge on any atom is -0.426 e. The van der Waals surface area contributed by atoms with Crippen molar-refractivity contribution < 1.29 is 35.8 Å². The molecular formula is C18H12F3NO5S2. The van der Waals surface area contributed by atoms with Gasteiger partial charge in [-0.2, -0.15) is 14.0 Å². The van der Waals surface area contributed by atoms with E-state index in [1.165, 1.54) is 12.1 Å². The van der Waals surface area contributed by atoms with Crippen molar-refractivity contribution >= 4 is 21.6 Å². The Morgan fingerprint density at radius 1 is 1.17 bits per heavy atom.